The molecule has 0 radical (unpaired) electrons. The number of halogens is 2. The molecule has 2 rings (SSSR count). The van der Waals surface area contributed by atoms with E-state index in [0.29, 0.717) is 5.75 Å². The molecule has 0 saturated carbocycles. The van der Waals surface area contributed by atoms with Gasteiger partial charge in [-0.3, -0.25) is 4.99 Å². The van der Waals surface area contributed by atoms with E-state index in [1.165, 1.54) is 24.3 Å². The van der Waals surface area contributed by atoms with Crippen LogP contribution in [0.25, 0.3) is 0 Å². The number of benzene rings is 2. The molecule has 24 heavy (non-hydrogen) atoms. The first-order valence-corrected chi connectivity index (χ1v) is 7.23. The standard InChI is InChI=1S/C17H20FN3O2.HI/c1-12-2-6-14(7-3-12)21-17(19)20-10-15(22)11-23-16-8-4-13(18)5-9-16;/h2-9,15,22H,10-11H2,1H3,(H3,19,20,21);1H. The van der Waals surface area contributed by atoms with Gasteiger partial charge in [0.05, 0.1) is 6.54 Å². The second kappa shape index (κ2) is 10.1. The number of nitrogens with zero attached hydrogens (tertiary/aromatic N) is 1. The molecule has 0 amide bonds. The lowest BCUT2D eigenvalue weighted by molar-refractivity contribution is 0.114. The van der Waals surface area contributed by atoms with Gasteiger partial charge in [-0.2, -0.15) is 0 Å². The van der Waals surface area contributed by atoms with Crippen LogP contribution in [0.2, 0.25) is 0 Å². The Balaban J connectivity index is 0.00000288. The third-order valence-corrected chi connectivity index (χ3v) is 3.05. The summed E-state index contributed by atoms with van der Waals surface area (Å²) >= 11 is 0. The monoisotopic (exact) mass is 445 g/mol. The maximum atomic E-state index is 12.8. The van der Waals surface area contributed by atoms with Gasteiger partial charge in [0.15, 0.2) is 5.96 Å². The van der Waals surface area contributed by atoms with Crippen molar-refractivity contribution >= 4 is 35.6 Å². The van der Waals surface area contributed by atoms with Gasteiger partial charge in [0.1, 0.15) is 24.3 Å². The van der Waals surface area contributed by atoms with Crippen molar-refractivity contribution in [2.24, 2.45) is 10.7 Å². The second-order valence-electron chi connectivity index (χ2n) is 5.14. The SMILES string of the molecule is Cc1ccc(NC(N)=NCC(O)COc2ccc(F)cc2)cc1.I. The van der Waals surface area contributed by atoms with Crippen molar-refractivity contribution in [1.82, 2.24) is 0 Å². The van der Waals surface area contributed by atoms with Crippen molar-refractivity contribution in [3.8, 4) is 5.75 Å². The fraction of sp³-hybridized carbons (Fsp3) is 0.235. The summed E-state index contributed by atoms with van der Waals surface area (Å²) in [5.74, 6) is 0.368. The fourth-order valence-corrected chi connectivity index (χ4v) is 1.80. The quantitative estimate of drug-likeness (QED) is 0.363. The van der Waals surface area contributed by atoms with Crippen molar-refractivity contribution in [3.05, 3.63) is 59.9 Å². The van der Waals surface area contributed by atoms with Crippen LogP contribution in [0.3, 0.4) is 0 Å². The number of rotatable bonds is 6. The molecular weight excluding hydrogens is 424 g/mol. The average molecular weight is 445 g/mol. The molecule has 0 aliphatic carbocycles. The molecule has 0 aliphatic heterocycles. The Morgan fingerprint density at radius 1 is 1.21 bits per heavy atom. The largest absolute Gasteiger partial charge is 0.491 e. The Morgan fingerprint density at radius 2 is 1.83 bits per heavy atom. The minimum absolute atomic E-state index is 0. The first-order valence-electron chi connectivity index (χ1n) is 7.23. The molecule has 0 aromatic heterocycles. The number of aryl methyl sites for hydroxylation is 1. The predicted molar refractivity (Wildman–Crippen MR) is 105 cm³/mol. The number of ether oxygens (including phenoxy) is 1. The summed E-state index contributed by atoms with van der Waals surface area (Å²) in [6.07, 6.45) is -0.807. The molecule has 0 heterocycles. The van der Waals surface area contributed by atoms with Crippen LogP contribution in [-0.2, 0) is 0 Å². The number of hydrogen-bond acceptors (Lipinski definition) is 3. The van der Waals surface area contributed by atoms with Gasteiger partial charge in [0, 0.05) is 5.69 Å². The van der Waals surface area contributed by atoms with Gasteiger partial charge in [0.25, 0.3) is 0 Å². The number of aliphatic hydroxyl groups excluding tert-OH is 1. The molecule has 7 heteroatoms. The number of nitrogens with one attached hydrogen (secondary N) is 1. The van der Waals surface area contributed by atoms with Crippen molar-refractivity contribution < 1.29 is 14.2 Å². The van der Waals surface area contributed by atoms with E-state index in [0.717, 1.165) is 11.3 Å². The molecule has 2 aromatic rings. The van der Waals surface area contributed by atoms with E-state index in [2.05, 4.69) is 10.3 Å². The third kappa shape index (κ3) is 7.14. The van der Waals surface area contributed by atoms with Crippen LogP contribution in [0, 0.1) is 12.7 Å². The first kappa shape index (κ1) is 20.2. The van der Waals surface area contributed by atoms with Gasteiger partial charge in [-0.05, 0) is 43.3 Å². The molecular formula is C17H21FIN3O2. The van der Waals surface area contributed by atoms with E-state index in [-0.39, 0.29) is 48.9 Å². The minimum atomic E-state index is -0.807. The second-order valence-corrected chi connectivity index (χ2v) is 5.14. The summed E-state index contributed by atoms with van der Waals surface area (Å²) in [6.45, 7) is 2.15. The lowest BCUT2D eigenvalue weighted by Gasteiger charge is -2.11. The maximum Gasteiger partial charge on any atom is 0.193 e. The number of nitrogens with two attached hydrogens (primary N) is 1. The summed E-state index contributed by atoms with van der Waals surface area (Å²) in [4.78, 5) is 4.06. The van der Waals surface area contributed by atoms with Crippen molar-refractivity contribution in [1.29, 1.82) is 0 Å². The lowest BCUT2D eigenvalue weighted by atomic mass is 10.2. The van der Waals surface area contributed by atoms with Crippen molar-refractivity contribution in [2.45, 2.75) is 13.0 Å². The highest BCUT2D eigenvalue weighted by Crippen LogP contribution is 2.11. The van der Waals surface area contributed by atoms with E-state index in [1.807, 2.05) is 31.2 Å². The van der Waals surface area contributed by atoms with Gasteiger partial charge in [-0.1, -0.05) is 17.7 Å². The lowest BCUT2D eigenvalue weighted by Crippen LogP contribution is -2.27. The molecule has 0 fully saturated rings. The minimum Gasteiger partial charge on any atom is -0.491 e. The molecule has 1 unspecified atom stereocenters. The summed E-state index contributed by atoms with van der Waals surface area (Å²) in [7, 11) is 0. The number of guanidine groups is 1. The highest BCUT2D eigenvalue weighted by atomic mass is 127. The van der Waals surface area contributed by atoms with Gasteiger partial charge in [-0.25, -0.2) is 4.39 Å². The van der Waals surface area contributed by atoms with E-state index in [1.54, 1.807) is 0 Å². The topological polar surface area (TPSA) is 79.9 Å². The van der Waals surface area contributed by atoms with Crippen LogP contribution in [-0.4, -0.2) is 30.3 Å². The molecule has 0 bridgehead atoms. The maximum absolute atomic E-state index is 12.8. The van der Waals surface area contributed by atoms with Crippen LogP contribution in [0.5, 0.6) is 5.75 Å². The zero-order chi connectivity index (χ0) is 16.7. The van der Waals surface area contributed by atoms with E-state index in [4.69, 9.17) is 10.5 Å². The Labute approximate surface area is 157 Å². The molecule has 0 spiro atoms. The van der Waals surface area contributed by atoms with Gasteiger partial charge in [0.2, 0.25) is 0 Å². The zero-order valence-corrected chi connectivity index (χ0v) is 15.6. The van der Waals surface area contributed by atoms with Crippen LogP contribution in [0.15, 0.2) is 53.5 Å². The van der Waals surface area contributed by atoms with Gasteiger partial charge < -0.3 is 20.9 Å². The molecule has 1 atom stereocenters. The normalized spacial score (nSPS) is 12.2. The highest BCUT2D eigenvalue weighted by molar-refractivity contribution is 14.0. The van der Waals surface area contributed by atoms with Crippen LogP contribution in [0.1, 0.15) is 5.56 Å². The highest BCUT2D eigenvalue weighted by Gasteiger charge is 2.05. The number of aliphatic imine (C=N–C) groups is 1. The average Bonchev–Trinajstić information content (AvgIpc) is 2.54. The summed E-state index contributed by atoms with van der Waals surface area (Å²) in [5.41, 5.74) is 7.74. The summed E-state index contributed by atoms with van der Waals surface area (Å²) < 4.78 is 18.1. The molecule has 130 valence electrons. The zero-order valence-electron chi connectivity index (χ0n) is 13.3. The van der Waals surface area contributed by atoms with Crippen LogP contribution in [0.4, 0.5) is 10.1 Å². The molecule has 0 saturated heterocycles. The van der Waals surface area contributed by atoms with Crippen molar-refractivity contribution in [2.75, 3.05) is 18.5 Å². The number of anilines is 1. The Morgan fingerprint density at radius 3 is 2.46 bits per heavy atom. The Hall–Kier alpha value is -1.87. The first-order chi connectivity index (χ1) is 11.0. The third-order valence-electron chi connectivity index (χ3n) is 3.05. The molecule has 0 aliphatic rings. The van der Waals surface area contributed by atoms with Gasteiger partial charge in [-0.15, -0.1) is 24.0 Å². The van der Waals surface area contributed by atoms with E-state index in [9.17, 15) is 9.50 Å². The molecule has 5 nitrogen and oxygen atoms in total. The number of aliphatic hydroxyl groups is 1. The van der Waals surface area contributed by atoms with Crippen LogP contribution < -0.4 is 15.8 Å². The molecule has 4 N–H and O–H groups in total. The van der Waals surface area contributed by atoms with E-state index < -0.39 is 6.10 Å². The summed E-state index contributed by atoms with van der Waals surface area (Å²) in [5, 5.41) is 12.8. The molecule has 2 aromatic carbocycles. The predicted octanol–water partition coefficient (Wildman–Crippen LogP) is 2.92. The smallest absolute Gasteiger partial charge is 0.193 e. The number of hydrogen-bond donors (Lipinski definition) is 3. The van der Waals surface area contributed by atoms with E-state index >= 15 is 0 Å². The summed E-state index contributed by atoms with van der Waals surface area (Å²) in [6, 6.07) is 13.3. The van der Waals surface area contributed by atoms with Crippen LogP contribution >= 0.6 is 24.0 Å². The Kier molecular flexibility index (Phi) is 8.48. The van der Waals surface area contributed by atoms with Crippen molar-refractivity contribution in [3.63, 3.8) is 0 Å². The Bertz CT molecular complexity index is 648. The fourth-order valence-electron chi connectivity index (χ4n) is 1.80. The van der Waals surface area contributed by atoms with Gasteiger partial charge >= 0.3 is 0 Å².